The van der Waals surface area contributed by atoms with Gasteiger partial charge in [0.25, 0.3) is 5.91 Å². The Morgan fingerprint density at radius 3 is 2.57 bits per heavy atom. The van der Waals surface area contributed by atoms with Crippen LogP contribution in [-0.2, 0) is 4.79 Å². The number of nitrogens with zero attached hydrogens (tertiary/aromatic N) is 1. The van der Waals surface area contributed by atoms with Crippen LogP contribution >= 0.6 is 24.0 Å². The van der Waals surface area contributed by atoms with Gasteiger partial charge in [-0.1, -0.05) is 48.8 Å². The first-order valence-corrected chi connectivity index (χ1v) is 9.31. The molecule has 0 bridgehead atoms. The number of ether oxygens (including phenoxy) is 1. The fourth-order valence-electron chi connectivity index (χ4n) is 2.50. The zero-order chi connectivity index (χ0) is 20.3. The largest absolute Gasteiger partial charge is 0.507 e. The molecule has 1 fully saturated rings. The number of phenols is 1. The van der Waals surface area contributed by atoms with E-state index in [2.05, 4.69) is 6.58 Å². The number of carbonyl (C=O) groups excluding carboxylic acids is 1. The maximum absolute atomic E-state index is 12.8. The number of thiocarbonyl (C=S) groups is 1. The molecule has 1 saturated heterocycles. The normalized spacial score (nSPS) is 15.1. The predicted octanol–water partition coefficient (Wildman–Crippen LogP) is 4.06. The van der Waals surface area contributed by atoms with E-state index in [1.165, 1.54) is 23.1 Å². The Morgan fingerprint density at radius 2 is 1.96 bits per heavy atom. The minimum absolute atomic E-state index is 0.247. The minimum atomic E-state index is -1.25. The van der Waals surface area contributed by atoms with Crippen LogP contribution in [0, 0.1) is 0 Å². The monoisotopic (exact) mass is 413 g/mol. The summed E-state index contributed by atoms with van der Waals surface area (Å²) in [5.74, 6) is -1.34. The van der Waals surface area contributed by atoms with E-state index in [0.29, 0.717) is 27.3 Å². The summed E-state index contributed by atoms with van der Waals surface area (Å²) < 4.78 is 5.72. The molecule has 0 spiro atoms. The van der Waals surface area contributed by atoms with Crippen molar-refractivity contribution in [2.24, 2.45) is 0 Å². The molecule has 0 unspecified atom stereocenters. The summed E-state index contributed by atoms with van der Waals surface area (Å²) in [5.41, 5.74) is 0.862. The number of hydrogen-bond donors (Lipinski definition) is 2. The van der Waals surface area contributed by atoms with Crippen LogP contribution in [0.15, 0.2) is 60.0 Å². The van der Waals surface area contributed by atoms with E-state index in [4.69, 9.17) is 22.1 Å². The van der Waals surface area contributed by atoms with Gasteiger partial charge in [-0.25, -0.2) is 4.79 Å². The highest BCUT2D eigenvalue weighted by molar-refractivity contribution is 8.27. The van der Waals surface area contributed by atoms with Crippen molar-refractivity contribution in [1.82, 2.24) is 0 Å². The highest BCUT2D eigenvalue weighted by Gasteiger charge is 2.33. The van der Waals surface area contributed by atoms with Crippen molar-refractivity contribution in [2.45, 2.75) is 0 Å². The molecule has 1 amide bonds. The molecule has 2 N–H and O–H groups in total. The number of hydrogen-bond acceptors (Lipinski definition) is 6. The number of benzene rings is 2. The summed E-state index contributed by atoms with van der Waals surface area (Å²) in [6, 6.07) is 11.1. The molecule has 0 saturated carbocycles. The first kappa shape index (κ1) is 19.7. The Morgan fingerprint density at radius 1 is 1.25 bits per heavy atom. The van der Waals surface area contributed by atoms with E-state index in [0.717, 1.165) is 17.3 Å². The third-order valence-corrected chi connectivity index (χ3v) is 5.11. The fourth-order valence-corrected chi connectivity index (χ4v) is 3.80. The summed E-state index contributed by atoms with van der Waals surface area (Å²) in [5, 5.41) is 18.9. The van der Waals surface area contributed by atoms with Gasteiger partial charge in [0.15, 0.2) is 4.32 Å². The van der Waals surface area contributed by atoms with Gasteiger partial charge in [-0.2, -0.15) is 0 Å². The summed E-state index contributed by atoms with van der Waals surface area (Å²) in [4.78, 5) is 25.5. The van der Waals surface area contributed by atoms with Gasteiger partial charge in [0, 0.05) is 6.07 Å². The molecule has 28 heavy (non-hydrogen) atoms. The van der Waals surface area contributed by atoms with Crippen molar-refractivity contribution in [3.63, 3.8) is 0 Å². The smallest absolute Gasteiger partial charge is 0.339 e. The lowest BCUT2D eigenvalue weighted by Crippen LogP contribution is -2.27. The lowest BCUT2D eigenvalue weighted by molar-refractivity contribution is -0.113. The Hall–Kier alpha value is -3.10. The first-order valence-electron chi connectivity index (χ1n) is 8.08. The van der Waals surface area contributed by atoms with E-state index < -0.39 is 11.7 Å². The van der Waals surface area contributed by atoms with Crippen molar-refractivity contribution in [3.8, 4) is 11.5 Å². The number of carbonyl (C=O) groups is 2. The molecule has 142 valence electrons. The van der Waals surface area contributed by atoms with Crippen LogP contribution < -0.4 is 9.64 Å². The standard InChI is InChI=1S/C20H15NO5S2/c1-2-9-26-14-6-3-12(4-7-14)10-17-18(23)21(20(27)28-17)13-5-8-15(19(24)25)16(22)11-13/h2-8,10-11,22H,1,9H2,(H,24,25). The molecule has 6 nitrogen and oxygen atoms in total. The van der Waals surface area contributed by atoms with Gasteiger partial charge in [0.1, 0.15) is 23.7 Å². The summed E-state index contributed by atoms with van der Waals surface area (Å²) in [7, 11) is 0. The van der Waals surface area contributed by atoms with Crippen LogP contribution in [0.2, 0.25) is 0 Å². The Labute approximate surface area is 170 Å². The molecule has 2 aromatic carbocycles. The number of rotatable bonds is 6. The van der Waals surface area contributed by atoms with Crippen molar-refractivity contribution < 1.29 is 24.5 Å². The van der Waals surface area contributed by atoms with Gasteiger partial charge < -0.3 is 14.9 Å². The minimum Gasteiger partial charge on any atom is -0.507 e. The maximum atomic E-state index is 12.8. The second-order valence-corrected chi connectivity index (χ2v) is 7.37. The highest BCUT2D eigenvalue weighted by Crippen LogP contribution is 2.37. The van der Waals surface area contributed by atoms with Gasteiger partial charge in [-0.05, 0) is 35.9 Å². The number of anilines is 1. The predicted molar refractivity (Wildman–Crippen MR) is 113 cm³/mol. The Kier molecular flexibility index (Phi) is 5.81. The number of aromatic carboxylic acids is 1. The van der Waals surface area contributed by atoms with Crippen LogP contribution in [0.5, 0.6) is 11.5 Å². The lowest BCUT2D eigenvalue weighted by Gasteiger charge is -2.15. The number of thioether (sulfide) groups is 1. The zero-order valence-corrected chi connectivity index (χ0v) is 16.1. The molecule has 8 heteroatoms. The lowest BCUT2D eigenvalue weighted by atomic mass is 10.1. The maximum Gasteiger partial charge on any atom is 0.339 e. The Balaban J connectivity index is 1.83. The molecule has 0 radical (unpaired) electrons. The van der Waals surface area contributed by atoms with Crippen LogP contribution in [0.3, 0.4) is 0 Å². The first-order chi connectivity index (χ1) is 13.4. The van der Waals surface area contributed by atoms with E-state index in [-0.39, 0.29) is 11.5 Å². The quantitative estimate of drug-likeness (QED) is 0.419. The molecule has 2 aromatic rings. The number of aromatic hydroxyl groups is 1. The van der Waals surface area contributed by atoms with Crippen LogP contribution in [0.25, 0.3) is 6.08 Å². The molecular weight excluding hydrogens is 398 g/mol. The third kappa shape index (κ3) is 4.08. The molecular formula is C20H15NO5S2. The van der Waals surface area contributed by atoms with Gasteiger partial charge in [0.2, 0.25) is 0 Å². The third-order valence-electron chi connectivity index (χ3n) is 3.81. The van der Waals surface area contributed by atoms with Crippen LogP contribution in [0.4, 0.5) is 5.69 Å². The Bertz CT molecular complexity index is 998. The molecule has 1 heterocycles. The highest BCUT2D eigenvalue weighted by atomic mass is 32.2. The fraction of sp³-hybridized carbons (Fsp3) is 0.0500. The van der Waals surface area contributed by atoms with Crippen molar-refractivity contribution in [3.05, 3.63) is 71.2 Å². The topological polar surface area (TPSA) is 87.1 Å². The van der Waals surface area contributed by atoms with Gasteiger partial charge in [-0.15, -0.1) is 0 Å². The molecule has 0 aromatic heterocycles. The van der Waals surface area contributed by atoms with Crippen LogP contribution in [0.1, 0.15) is 15.9 Å². The van der Waals surface area contributed by atoms with Crippen molar-refractivity contribution in [1.29, 1.82) is 0 Å². The molecule has 1 aliphatic heterocycles. The van der Waals surface area contributed by atoms with E-state index in [1.807, 2.05) is 12.1 Å². The SMILES string of the molecule is C=CCOc1ccc(C=C2SC(=S)N(c3ccc(C(=O)O)c(O)c3)C2=O)cc1. The van der Waals surface area contributed by atoms with Crippen molar-refractivity contribution in [2.75, 3.05) is 11.5 Å². The van der Waals surface area contributed by atoms with E-state index >= 15 is 0 Å². The van der Waals surface area contributed by atoms with Gasteiger partial charge >= 0.3 is 5.97 Å². The van der Waals surface area contributed by atoms with Crippen molar-refractivity contribution >= 4 is 51.9 Å². The second kappa shape index (κ2) is 8.28. The van der Waals surface area contributed by atoms with Crippen LogP contribution in [-0.4, -0.2) is 33.0 Å². The second-order valence-electron chi connectivity index (χ2n) is 5.69. The molecule has 3 rings (SSSR count). The molecule has 0 aliphatic carbocycles. The summed E-state index contributed by atoms with van der Waals surface area (Å²) >= 11 is 6.42. The number of amides is 1. The van der Waals surface area contributed by atoms with Gasteiger partial charge in [0.05, 0.1) is 10.6 Å². The summed E-state index contributed by atoms with van der Waals surface area (Å²) in [6.07, 6.45) is 3.36. The summed E-state index contributed by atoms with van der Waals surface area (Å²) in [6.45, 7) is 4.00. The average Bonchev–Trinajstić information content (AvgIpc) is 2.94. The molecule has 0 atom stereocenters. The molecule has 1 aliphatic rings. The van der Waals surface area contributed by atoms with E-state index in [1.54, 1.807) is 24.3 Å². The van der Waals surface area contributed by atoms with E-state index in [9.17, 15) is 14.7 Å². The average molecular weight is 413 g/mol. The zero-order valence-electron chi connectivity index (χ0n) is 14.5. The van der Waals surface area contributed by atoms with Gasteiger partial charge in [-0.3, -0.25) is 9.69 Å². The number of carboxylic acids is 1. The number of carboxylic acid groups (broad SMARTS) is 1.